The summed E-state index contributed by atoms with van der Waals surface area (Å²) in [5, 5.41) is 0. The molecular weight excluding hydrogens is 144 g/mol. The number of hydrogen-bond donors (Lipinski definition) is 0. The lowest BCUT2D eigenvalue weighted by Crippen LogP contribution is -1.91. The molecule has 4 aliphatic rings. The summed E-state index contributed by atoms with van der Waals surface area (Å²) in [6.45, 7) is 0. The van der Waals surface area contributed by atoms with E-state index in [1.54, 1.807) is 38.5 Å². The molecule has 0 radical (unpaired) electrons. The average Bonchev–Trinajstić information content (AvgIpc) is 2.81. The van der Waals surface area contributed by atoms with E-state index in [2.05, 4.69) is 0 Å². The van der Waals surface area contributed by atoms with Gasteiger partial charge in [-0.15, -0.1) is 0 Å². The van der Waals surface area contributed by atoms with Crippen molar-refractivity contribution in [2.45, 2.75) is 38.5 Å². The molecule has 4 aliphatic carbocycles. The lowest BCUT2D eigenvalue weighted by molar-refractivity contribution is 0.522. The second kappa shape index (κ2) is 1.91. The van der Waals surface area contributed by atoms with Crippen molar-refractivity contribution >= 4 is 0 Å². The van der Waals surface area contributed by atoms with Crippen molar-refractivity contribution in [3.8, 4) is 0 Å². The molecule has 0 unspecified atom stereocenters. The lowest BCUT2D eigenvalue weighted by Gasteiger charge is -1.95. The predicted molar refractivity (Wildman–Crippen MR) is 48.6 cm³/mol. The molecule has 0 aromatic rings. The fourth-order valence-corrected chi connectivity index (χ4v) is 3.59. The van der Waals surface area contributed by atoms with Crippen LogP contribution in [0.3, 0.4) is 0 Å². The maximum absolute atomic E-state index is 1.64. The summed E-state index contributed by atoms with van der Waals surface area (Å²) in [5.41, 5.74) is 0. The molecule has 0 bridgehead atoms. The maximum Gasteiger partial charge on any atom is -0.0349 e. The molecule has 66 valence electrons. The van der Waals surface area contributed by atoms with Gasteiger partial charge < -0.3 is 0 Å². The van der Waals surface area contributed by atoms with Crippen LogP contribution < -0.4 is 0 Å². The van der Waals surface area contributed by atoms with Crippen LogP contribution in [0.1, 0.15) is 38.5 Å². The molecule has 0 spiro atoms. The maximum atomic E-state index is 1.64. The largest absolute Gasteiger partial charge is 0.0499 e. The Labute approximate surface area is 74.7 Å². The second-order valence-corrected chi connectivity index (χ2v) is 5.80. The van der Waals surface area contributed by atoms with E-state index >= 15 is 0 Å². The molecule has 0 aromatic carbocycles. The van der Waals surface area contributed by atoms with Crippen molar-refractivity contribution in [2.75, 3.05) is 0 Å². The Morgan fingerprint density at radius 2 is 0.917 bits per heavy atom. The number of hydrogen-bond acceptors (Lipinski definition) is 0. The van der Waals surface area contributed by atoms with Crippen LogP contribution in [0.5, 0.6) is 0 Å². The van der Waals surface area contributed by atoms with Crippen LogP contribution in [-0.4, -0.2) is 0 Å². The minimum absolute atomic E-state index is 1.22. The molecule has 0 heteroatoms. The fourth-order valence-electron chi connectivity index (χ4n) is 3.59. The summed E-state index contributed by atoms with van der Waals surface area (Å²) in [4.78, 5) is 0. The van der Waals surface area contributed by atoms with E-state index in [1.165, 1.54) is 35.5 Å². The third kappa shape index (κ3) is 0.900. The molecule has 12 heavy (non-hydrogen) atoms. The highest BCUT2D eigenvalue weighted by molar-refractivity contribution is 5.09. The minimum Gasteiger partial charge on any atom is -0.0499 e. The standard InChI is InChI=1S/C12H18/c1-2-7(1)9-5-11(9)12-6-10(12)8-3-4-8/h7-12H,1-6H2/t9-,10+,11-,12+. The highest BCUT2D eigenvalue weighted by Crippen LogP contribution is 2.68. The van der Waals surface area contributed by atoms with Gasteiger partial charge in [0.05, 0.1) is 0 Å². The molecular formula is C12H18. The Bertz CT molecular complexity index is 188. The monoisotopic (exact) mass is 162 g/mol. The molecule has 4 atom stereocenters. The zero-order valence-corrected chi connectivity index (χ0v) is 7.71. The van der Waals surface area contributed by atoms with E-state index in [4.69, 9.17) is 0 Å². The smallest absolute Gasteiger partial charge is 0.0349 e. The van der Waals surface area contributed by atoms with E-state index < -0.39 is 0 Å². The molecule has 0 nitrogen and oxygen atoms in total. The third-order valence-electron chi connectivity index (χ3n) is 4.79. The van der Waals surface area contributed by atoms with E-state index in [1.807, 2.05) is 0 Å². The minimum atomic E-state index is 1.22. The molecule has 4 fully saturated rings. The number of rotatable bonds is 3. The van der Waals surface area contributed by atoms with Gasteiger partial charge in [0.25, 0.3) is 0 Å². The van der Waals surface area contributed by atoms with Crippen molar-refractivity contribution in [1.29, 1.82) is 0 Å². The van der Waals surface area contributed by atoms with Gasteiger partial charge in [0, 0.05) is 0 Å². The summed E-state index contributed by atoms with van der Waals surface area (Å²) in [5.74, 6) is 7.38. The molecule has 0 aliphatic heterocycles. The van der Waals surface area contributed by atoms with Gasteiger partial charge in [0.1, 0.15) is 0 Å². The second-order valence-electron chi connectivity index (χ2n) is 5.80. The zero-order valence-electron chi connectivity index (χ0n) is 7.71. The quantitative estimate of drug-likeness (QED) is 0.598. The Morgan fingerprint density at radius 1 is 0.500 bits per heavy atom. The van der Waals surface area contributed by atoms with Crippen molar-refractivity contribution in [1.82, 2.24) is 0 Å². The highest BCUT2D eigenvalue weighted by Gasteiger charge is 2.59. The van der Waals surface area contributed by atoms with Crippen LogP contribution in [0.25, 0.3) is 0 Å². The first-order valence-electron chi connectivity index (χ1n) is 5.93. The van der Waals surface area contributed by atoms with Gasteiger partial charge >= 0.3 is 0 Å². The van der Waals surface area contributed by atoms with Crippen LogP contribution in [0.4, 0.5) is 0 Å². The fraction of sp³-hybridized carbons (Fsp3) is 1.00. The molecule has 0 saturated heterocycles. The first-order valence-corrected chi connectivity index (χ1v) is 5.93. The first kappa shape index (κ1) is 6.45. The van der Waals surface area contributed by atoms with Crippen LogP contribution in [0.15, 0.2) is 0 Å². The SMILES string of the molecule is C1CC1[C@H]1C[C@H]1[C@H]1C[C@H]1C1CC1. The molecule has 0 amide bonds. The van der Waals surface area contributed by atoms with E-state index in [-0.39, 0.29) is 0 Å². The van der Waals surface area contributed by atoms with Gasteiger partial charge in [0.15, 0.2) is 0 Å². The molecule has 0 N–H and O–H groups in total. The third-order valence-corrected chi connectivity index (χ3v) is 4.79. The molecule has 4 rings (SSSR count). The Morgan fingerprint density at radius 3 is 1.25 bits per heavy atom. The van der Waals surface area contributed by atoms with Crippen LogP contribution in [0.2, 0.25) is 0 Å². The Kier molecular flexibility index (Phi) is 1.03. The zero-order chi connectivity index (χ0) is 7.71. The summed E-state index contributed by atoms with van der Waals surface area (Å²) < 4.78 is 0. The van der Waals surface area contributed by atoms with E-state index in [0.29, 0.717) is 0 Å². The van der Waals surface area contributed by atoms with Crippen molar-refractivity contribution in [3.63, 3.8) is 0 Å². The van der Waals surface area contributed by atoms with Gasteiger partial charge in [-0.3, -0.25) is 0 Å². The van der Waals surface area contributed by atoms with Gasteiger partial charge in [-0.2, -0.15) is 0 Å². The van der Waals surface area contributed by atoms with Gasteiger partial charge in [-0.05, 0) is 74.0 Å². The van der Waals surface area contributed by atoms with Gasteiger partial charge in [-0.25, -0.2) is 0 Å². The van der Waals surface area contributed by atoms with E-state index in [0.717, 1.165) is 0 Å². The summed E-state index contributed by atoms with van der Waals surface area (Å²) in [7, 11) is 0. The predicted octanol–water partition coefficient (Wildman–Crippen LogP) is 3.08. The molecule has 0 aromatic heterocycles. The average molecular weight is 162 g/mol. The van der Waals surface area contributed by atoms with Crippen molar-refractivity contribution in [3.05, 3.63) is 0 Å². The van der Waals surface area contributed by atoms with Crippen LogP contribution in [-0.2, 0) is 0 Å². The Hall–Kier alpha value is 0. The summed E-state index contributed by atoms with van der Waals surface area (Å²) in [6, 6.07) is 0. The van der Waals surface area contributed by atoms with Gasteiger partial charge in [0.2, 0.25) is 0 Å². The highest BCUT2D eigenvalue weighted by atomic mass is 14.6. The van der Waals surface area contributed by atoms with E-state index in [9.17, 15) is 0 Å². The van der Waals surface area contributed by atoms with Crippen molar-refractivity contribution < 1.29 is 0 Å². The lowest BCUT2D eigenvalue weighted by atomic mass is 10.1. The van der Waals surface area contributed by atoms with Gasteiger partial charge in [-0.1, -0.05) is 0 Å². The van der Waals surface area contributed by atoms with Crippen molar-refractivity contribution in [2.24, 2.45) is 35.5 Å². The topological polar surface area (TPSA) is 0 Å². The molecule has 4 saturated carbocycles. The molecule has 0 heterocycles. The van der Waals surface area contributed by atoms with Crippen LogP contribution in [0, 0.1) is 35.5 Å². The summed E-state index contributed by atoms with van der Waals surface area (Å²) >= 11 is 0. The van der Waals surface area contributed by atoms with Crippen LogP contribution >= 0.6 is 0 Å². The first-order chi connectivity index (χ1) is 5.93. The Balaban J connectivity index is 1.37. The summed E-state index contributed by atoms with van der Waals surface area (Å²) in [6.07, 6.45) is 9.62. The normalized spacial score (nSPS) is 57.0.